The molecule has 0 saturated carbocycles. The van der Waals surface area contributed by atoms with Crippen LogP contribution < -0.4 is 11.3 Å². The summed E-state index contributed by atoms with van der Waals surface area (Å²) >= 11 is 3.48. The van der Waals surface area contributed by atoms with E-state index in [-0.39, 0.29) is 6.04 Å². The molecule has 12 heavy (non-hydrogen) atoms. The van der Waals surface area contributed by atoms with Gasteiger partial charge in [-0.2, -0.15) is 0 Å². The molecule has 0 spiro atoms. The number of benzene rings is 1. The van der Waals surface area contributed by atoms with Gasteiger partial charge < -0.3 is 0 Å². The third kappa shape index (κ3) is 2.06. The van der Waals surface area contributed by atoms with Gasteiger partial charge in [0.15, 0.2) is 0 Å². The predicted molar refractivity (Wildman–Crippen MR) is 54.6 cm³/mol. The number of aryl methyl sites for hydroxylation is 1. The monoisotopic (exact) mass is 228 g/mol. The topological polar surface area (TPSA) is 38.0 Å². The average Bonchev–Trinajstić information content (AvgIpc) is 2.08. The van der Waals surface area contributed by atoms with E-state index < -0.39 is 0 Å². The molecule has 1 atom stereocenters. The largest absolute Gasteiger partial charge is 0.271 e. The van der Waals surface area contributed by atoms with Crippen LogP contribution in [0.1, 0.15) is 24.1 Å². The summed E-state index contributed by atoms with van der Waals surface area (Å²) in [6.07, 6.45) is 0. The standard InChI is InChI=1S/C9H13BrN2/c1-6-3-4-9(10)8(5-6)7(2)12-11/h3-5,7,12H,11H2,1-2H3. The van der Waals surface area contributed by atoms with Crippen molar-refractivity contribution in [3.8, 4) is 0 Å². The Kier molecular flexibility index (Phi) is 3.26. The van der Waals surface area contributed by atoms with E-state index in [2.05, 4.69) is 40.4 Å². The average molecular weight is 229 g/mol. The molecule has 0 aromatic heterocycles. The zero-order chi connectivity index (χ0) is 9.14. The Labute approximate surface area is 81.3 Å². The molecule has 0 aliphatic heterocycles. The van der Waals surface area contributed by atoms with Gasteiger partial charge in [0, 0.05) is 10.5 Å². The number of halogens is 1. The highest BCUT2D eigenvalue weighted by Gasteiger charge is 2.06. The summed E-state index contributed by atoms with van der Waals surface area (Å²) in [6, 6.07) is 6.41. The summed E-state index contributed by atoms with van der Waals surface area (Å²) in [5, 5.41) is 0. The summed E-state index contributed by atoms with van der Waals surface area (Å²) < 4.78 is 1.10. The minimum absolute atomic E-state index is 0.180. The van der Waals surface area contributed by atoms with Gasteiger partial charge >= 0.3 is 0 Å². The second-order valence-electron chi connectivity index (χ2n) is 2.91. The first kappa shape index (κ1) is 9.71. The predicted octanol–water partition coefficient (Wildman–Crippen LogP) is 2.28. The third-order valence-electron chi connectivity index (χ3n) is 1.87. The number of nitrogens with two attached hydrogens (primary N) is 1. The van der Waals surface area contributed by atoms with Crippen LogP contribution in [0.15, 0.2) is 22.7 Å². The number of hydrazine groups is 1. The maximum atomic E-state index is 5.35. The Hall–Kier alpha value is -0.380. The van der Waals surface area contributed by atoms with E-state index in [1.54, 1.807) is 0 Å². The Morgan fingerprint density at radius 1 is 1.50 bits per heavy atom. The Balaban J connectivity index is 3.04. The lowest BCUT2D eigenvalue weighted by molar-refractivity contribution is 0.600. The van der Waals surface area contributed by atoms with Crippen LogP contribution in [-0.2, 0) is 0 Å². The summed E-state index contributed by atoms with van der Waals surface area (Å²) in [5.41, 5.74) is 5.16. The van der Waals surface area contributed by atoms with E-state index in [9.17, 15) is 0 Å². The molecule has 0 fully saturated rings. The number of hydrogen-bond donors (Lipinski definition) is 2. The molecule has 0 aliphatic carbocycles. The second-order valence-corrected chi connectivity index (χ2v) is 3.77. The quantitative estimate of drug-likeness (QED) is 0.603. The summed E-state index contributed by atoms with van der Waals surface area (Å²) in [5.74, 6) is 5.35. The first-order valence-electron chi connectivity index (χ1n) is 3.87. The van der Waals surface area contributed by atoms with E-state index in [0.29, 0.717) is 0 Å². The van der Waals surface area contributed by atoms with Gasteiger partial charge in [-0.25, -0.2) is 0 Å². The van der Waals surface area contributed by atoms with Gasteiger partial charge in [0.1, 0.15) is 0 Å². The number of nitrogens with one attached hydrogen (secondary N) is 1. The SMILES string of the molecule is Cc1ccc(Br)c(C(C)NN)c1. The first-order chi connectivity index (χ1) is 5.65. The molecule has 3 N–H and O–H groups in total. The summed E-state index contributed by atoms with van der Waals surface area (Å²) in [6.45, 7) is 4.10. The molecule has 0 bridgehead atoms. The molecule has 0 amide bonds. The van der Waals surface area contributed by atoms with Crippen LogP contribution in [-0.4, -0.2) is 0 Å². The van der Waals surface area contributed by atoms with Gasteiger partial charge in [-0.15, -0.1) is 0 Å². The Morgan fingerprint density at radius 2 is 2.17 bits per heavy atom. The van der Waals surface area contributed by atoms with Gasteiger partial charge in [0.2, 0.25) is 0 Å². The van der Waals surface area contributed by atoms with Gasteiger partial charge in [0.05, 0.1) is 0 Å². The lowest BCUT2D eigenvalue weighted by Crippen LogP contribution is -2.25. The van der Waals surface area contributed by atoms with Crippen molar-refractivity contribution in [2.24, 2.45) is 5.84 Å². The molecule has 1 aromatic rings. The van der Waals surface area contributed by atoms with E-state index in [4.69, 9.17) is 5.84 Å². The molecule has 0 heterocycles. The highest BCUT2D eigenvalue weighted by molar-refractivity contribution is 9.10. The highest BCUT2D eigenvalue weighted by atomic mass is 79.9. The van der Waals surface area contributed by atoms with Gasteiger partial charge in [-0.05, 0) is 25.5 Å². The van der Waals surface area contributed by atoms with Crippen molar-refractivity contribution in [3.05, 3.63) is 33.8 Å². The van der Waals surface area contributed by atoms with Crippen LogP contribution in [0, 0.1) is 6.92 Å². The minimum Gasteiger partial charge on any atom is -0.271 e. The van der Waals surface area contributed by atoms with Gasteiger partial charge in [-0.1, -0.05) is 33.6 Å². The van der Waals surface area contributed by atoms with E-state index in [1.165, 1.54) is 11.1 Å². The van der Waals surface area contributed by atoms with Crippen molar-refractivity contribution in [1.82, 2.24) is 5.43 Å². The Bertz CT molecular complexity index is 273. The van der Waals surface area contributed by atoms with Crippen molar-refractivity contribution in [1.29, 1.82) is 0 Å². The maximum Gasteiger partial charge on any atom is 0.0443 e. The van der Waals surface area contributed by atoms with Gasteiger partial charge in [0.25, 0.3) is 0 Å². The highest BCUT2D eigenvalue weighted by Crippen LogP contribution is 2.23. The lowest BCUT2D eigenvalue weighted by Gasteiger charge is -2.12. The fraction of sp³-hybridized carbons (Fsp3) is 0.333. The molecule has 1 aromatic carbocycles. The number of hydrogen-bond acceptors (Lipinski definition) is 2. The van der Waals surface area contributed by atoms with E-state index in [1.807, 2.05) is 13.0 Å². The molecule has 0 radical (unpaired) electrons. The summed E-state index contributed by atoms with van der Waals surface area (Å²) in [7, 11) is 0. The van der Waals surface area contributed by atoms with Crippen LogP contribution in [0.3, 0.4) is 0 Å². The van der Waals surface area contributed by atoms with Crippen molar-refractivity contribution < 1.29 is 0 Å². The van der Waals surface area contributed by atoms with Crippen molar-refractivity contribution in [2.45, 2.75) is 19.9 Å². The zero-order valence-corrected chi connectivity index (χ0v) is 8.85. The van der Waals surface area contributed by atoms with E-state index >= 15 is 0 Å². The molecule has 1 rings (SSSR count). The minimum atomic E-state index is 0.180. The lowest BCUT2D eigenvalue weighted by atomic mass is 10.1. The zero-order valence-electron chi connectivity index (χ0n) is 7.26. The molecule has 1 unspecified atom stereocenters. The van der Waals surface area contributed by atoms with Crippen molar-refractivity contribution in [2.75, 3.05) is 0 Å². The molecular weight excluding hydrogens is 216 g/mol. The van der Waals surface area contributed by atoms with Crippen molar-refractivity contribution in [3.63, 3.8) is 0 Å². The molecule has 3 heteroatoms. The van der Waals surface area contributed by atoms with Crippen LogP contribution in [0.5, 0.6) is 0 Å². The van der Waals surface area contributed by atoms with Crippen LogP contribution in [0.2, 0.25) is 0 Å². The van der Waals surface area contributed by atoms with Crippen LogP contribution in [0.4, 0.5) is 0 Å². The molecular formula is C9H13BrN2. The Morgan fingerprint density at radius 3 is 2.75 bits per heavy atom. The maximum absolute atomic E-state index is 5.35. The smallest absolute Gasteiger partial charge is 0.0443 e. The fourth-order valence-corrected chi connectivity index (χ4v) is 1.67. The van der Waals surface area contributed by atoms with Crippen LogP contribution >= 0.6 is 15.9 Å². The third-order valence-corrected chi connectivity index (χ3v) is 2.59. The van der Waals surface area contributed by atoms with Crippen LogP contribution in [0.25, 0.3) is 0 Å². The molecule has 2 nitrogen and oxygen atoms in total. The molecule has 0 aliphatic rings. The van der Waals surface area contributed by atoms with E-state index in [0.717, 1.165) is 4.47 Å². The fourth-order valence-electron chi connectivity index (χ4n) is 1.08. The second kappa shape index (κ2) is 4.03. The first-order valence-corrected chi connectivity index (χ1v) is 4.66. The number of rotatable bonds is 2. The summed E-state index contributed by atoms with van der Waals surface area (Å²) in [4.78, 5) is 0. The van der Waals surface area contributed by atoms with Crippen molar-refractivity contribution >= 4 is 15.9 Å². The molecule has 0 saturated heterocycles. The molecule has 66 valence electrons. The van der Waals surface area contributed by atoms with Gasteiger partial charge in [-0.3, -0.25) is 11.3 Å². The normalized spacial score (nSPS) is 13.0.